The summed E-state index contributed by atoms with van der Waals surface area (Å²) in [6.07, 6.45) is 2.73. The average Bonchev–Trinajstić information content (AvgIpc) is 3.13. The van der Waals surface area contributed by atoms with E-state index in [1.165, 1.54) is 0 Å². The molecule has 0 radical (unpaired) electrons. The van der Waals surface area contributed by atoms with Crippen LogP contribution in [0.1, 0.15) is 26.0 Å². The van der Waals surface area contributed by atoms with Gasteiger partial charge in [0, 0.05) is 13.1 Å². The lowest BCUT2D eigenvalue weighted by atomic mass is 10.3. The predicted octanol–water partition coefficient (Wildman–Crippen LogP) is 3.48. The minimum absolute atomic E-state index is 0. The molecule has 116 valence electrons. The largest absolute Gasteiger partial charge is 0.443 e. The van der Waals surface area contributed by atoms with Crippen LogP contribution in [0.4, 0.5) is 0 Å². The molecule has 0 saturated carbocycles. The van der Waals surface area contributed by atoms with Crippen molar-refractivity contribution >= 4 is 41.3 Å². The summed E-state index contributed by atoms with van der Waals surface area (Å²) in [6.45, 7) is 4.85. The van der Waals surface area contributed by atoms with Crippen LogP contribution in [0.3, 0.4) is 0 Å². The Kier molecular flexibility index (Phi) is 7.73. The fraction of sp³-hybridized carbons (Fsp3) is 0.429. The number of halogens is 1. The van der Waals surface area contributed by atoms with Gasteiger partial charge in [-0.15, -0.1) is 35.3 Å². The van der Waals surface area contributed by atoms with E-state index in [1.54, 1.807) is 24.6 Å². The summed E-state index contributed by atoms with van der Waals surface area (Å²) < 4.78 is 5.48. The van der Waals surface area contributed by atoms with Crippen molar-refractivity contribution in [2.24, 2.45) is 4.99 Å². The Labute approximate surface area is 146 Å². The van der Waals surface area contributed by atoms with Crippen LogP contribution in [0.5, 0.6) is 0 Å². The van der Waals surface area contributed by atoms with E-state index in [2.05, 4.69) is 34.5 Å². The van der Waals surface area contributed by atoms with E-state index >= 15 is 0 Å². The highest BCUT2D eigenvalue weighted by Gasteiger charge is 2.08. The monoisotopic (exact) mass is 420 g/mol. The molecule has 2 N–H and O–H groups in total. The molecular formula is C14H21IN4OS. The maximum Gasteiger partial charge on any atom is 0.236 e. The predicted molar refractivity (Wildman–Crippen MR) is 98.3 cm³/mol. The lowest BCUT2D eigenvalue weighted by Crippen LogP contribution is -2.41. The van der Waals surface area contributed by atoms with Crippen molar-refractivity contribution in [1.29, 1.82) is 0 Å². The Hall–Kier alpha value is -1.09. The summed E-state index contributed by atoms with van der Waals surface area (Å²) in [6, 6.07) is 4.37. The van der Waals surface area contributed by atoms with Crippen molar-refractivity contribution in [3.63, 3.8) is 0 Å². The Morgan fingerprint density at radius 3 is 2.95 bits per heavy atom. The SMILES string of the molecule is CCC(C)NC(=NC)NCc1coc(-c2cccs2)n1.I. The number of guanidine groups is 1. The Bertz CT molecular complexity index is 553. The van der Waals surface area contributed by atoms with Crippen molar-refractivity contribution in [1.82, 2.24) is 15.6 Å². The molecule has 0 bridgehead atoms. The van der Waals surface area contributed by atoms with Gasteiger partial charge in [-0.05, 0) is 24.8 Å². The zero-order valence-corrected chi connectivity index (χ0v) is 15.6. The summed E-state index contributed by atoms with van der Waals surface area (Å²) >= 11 is 1.62. The Morgan fingerprint density at radius 2 is 2.33 bits per heavy atom. The number of hydrogen-bond donors (Lipinski definition) is 2. The number of nitrogens with one attached hydrogen (secondary N) is 2. The third-order valence-corrected chi connectivity index (χ3v) is 3.80. The van der Waals surface area contributed by atoms with Crippen LogP contribution in [-0.4, -0.2) is 24.0 Å². The lowest BCUT2D eigenvalue weighted by molar-refractivity contribution is 0.573. The van der Waals surface area contributed by atoms with Crippen molar-refractivity contribution < 1.29 is 4.42 Å². The number of oxazole rings is 1. The molecular weight excluding hydrogens is 399 g/mol. The van der Waals surface area contributed by atoms with Gasteiger partial charge in [0.05, 0.1) is 17.1 Å². The van der Waals surface area contributed by atoms with E-state index in [9.17, 15) is 0 Å². The molecule has 0 spiro atoms. The highest BCUT2D eigenvalue weighted by Crippen LogP contribution is 2.23. The maximum absolute atomic E-state index is 5.48. The number of rotatable bonds is 5. The van der Waals surface area contributed by atoms with Gasteiger partial charge in [0.15, 0.2) is 5.96 Å². The zero-order chi connectivity index (χ0) is 14.4. The van der Waals surface area contributed by atoms with Crippen LogP contribution in [0.15, 0.2) is 33.2 Å². The molecule has 2 aromatic heterocycles. The van der Waals surface area contributed by atoms with E-state index in [0.717, 1.165) is 23.0 Å². The highest BCUT2D eigenvalue weighted by molar-refractivity contribution is 14.0. The van der Waals surface area contributed by atoms with E-state index in [1.807, 2.05) is 17.5 Å². The van der Waals surface area contributed by atoms with Crippen LogP contribution in [0.25, 0.3) is 10.8 Å². The summed E-state index contributed by atoms with van der Waals surface area (Å²) in [7, 11) is 1.76. The van der Waals surface area contributed by atoms with Crippen LogP contribution >= 0.6 is 35.3 Å². The van der Waals surface area contributed by atoms with Crippen LogP contribution in [0, 0.1) is 0 Å². The second kappa shape index (κ2) is 9.04. The molecule has 0 amide bonds. The number of aromatic nitrogens is 1. The highest BCUT2D eigenvalue weighted by atomic mass is 127. The van der Waals surface area contributed by atoms with Crippen molar-refractivity contribution in [3.05, 3.63) is 29.5 Å². The number of thiophene rings is 1. The molecule has 1 unspecified atom stereocenters. The molecule has 7 heteroatoms. The molecule has 0 aliphatic carbocycles. The first-order chi connectivity index (χ1) is 9.72. The molecule has 21 heavy (non-hydrogen) atoms. The summed E-state index contributed by atoms with van der Waals surface area (Å²) in [5.74, 6) is 1.45. The Balaban J connectivity index is 0.00000220. The molecule has 0 saturated heterocycles. The van der Waals surface area contributed by atoms with Gasteiger partial charge in [0.2, 0.25) is 5.89 Å². The molecule has 1 atom stereocenters. The van der Waals surface area contributed by atoms with Gasteiger partial charge >= 0.3 is 0 Å². The number of aliphatic imine (C=N–C) groups is 1. The van der Waals surface area contributed by atoms with Crippen LogP contribution in [0.2, 0.25) is 0 Å². The second-order valence-corrected chi connectivity index (χ2v) is 5.45. The van der Waals surface area contributed by atoms with Crippen LogP contribution in [-0.2, 0) is 6.54 Å². The second-order valence-electron chi connectivity index (χ2n) is 4.50. The molecule has 2 rings (SSSR count). The maximum atomic E-state index is 5.48. The molecule has 0 aromatic carbocycles. The number of nitrogens with zero attached hydrogens (tertiary/aromatic N) is 2. The average molecular weight is 420 g/mol. The molecule has 0 aliphatic rings. The quantitative estimate of drug-likeness (QED) is 0.442. The topological polar surface area (TPSA) is 62.5 Å². The van der Waals surface area contributed by atoms with E-state index < -0.39 is 0 Å². The minimum atomic E-state index is 0. The van der Waals surface area contributed by atoms with Crippen LogP contribution < -0.4 is 10.6 Å². The standard InChI is InChI=1S/C14H20N4OS.HI/c1-4-10(2)17-14(15-3)16-8-11-9-19-13(18-11)12-6-5-7-20-12;/h5-7,9-10H,4,8H2,1-3H3,(H2,15,16,17);1H. The first kappa shape index (κ1) is 18.0. The van der Waals surface area contributed by atoms with Gasteiger partial charge in [0.25, 0.3) is 0 Å². The Morgan fingerprint density at radius 1 is 1.52 bits per heavy atom. The van der Waals surface area contributed by atoms with Gasteiger partial charge in [0.1, 0.15) is 6.26 Å². The first-order valence-electron chi connectivity index (χ1n) is 6.68. The summed E-state index contributed by atoms with van der Waals surface area (Å²) in [4.78, 5) is 9.68. The van der Waals surface area contributed by atoms with E-state index in [4.69, 9.17) is 4.42 Å². The van der Waals surface area contributed by atoms with Gasteiger partial charge < -0.3 is 15.1 Å². The third-order valence-electron chi connectivity index (χ3n) is 2.94. The number of hydrogen-bond acceptors (Lipinski definition) is 4. The van der Waals surface area contributed by atoms with Gasteiger partial charge in [-0.2, -0.15) is 0 Å². The van der Waals surface area contributed by atoms with Crippen molar-refractivity contribution in [2.75, 3.05) is 7.05 Å². The van der Waals surface area contributed by atoms with Gasteiger partial charge in [-0.25, -0.2) is 4.98 Å². The third kappa shape index (κ3) is 5.31. The van der Waals surface area contributed by atoms with Gasteiger partial charge in [-0.3, -0.25) is 4.99 Å². The molecule has 0 fully saturated rings. The van der Waals surface area contributed by atoms with Gasteiger partial charge in [-0.1, -0.05) is 13.0 Å². The fourth-order valence-corrected chi connectivity index (χ4v) is 2.26. The zero-order valence-electron chi connectivity index (χ0n) is 12.4. The molecule has 2 aromatic rings. The van der Waals surface area contributed by atoms with E-state index in [-0.39, 0.29) is 24.0 Å². The summed E-state index contributed by atoms with van der Waals surface area (Å²) in [5.41, 5.74) is 0.862. The van der Waals surface area contributed by atoms with Crippen molar-refractivity contribution in [2.45, 2.75) is 32.9 Å². The fourth-order valence-electron chi connectivity index (χ4n) is 1.61. The summed E-state index contributed by atoms with van der Waals surface area (Å²) in [5, 5.41) is 8.54. The molecule has 0 aliphatic heterocycles. The minimum Gasteiger partial charge on any atom is -0.443 e. The molecule has 5 nitrogen and oxygen atoms in total. The first-order valence-corrected chi connectivity index (χ1v) is 7.56. The van der Waals surface area contributed by atoms with E-state index in [0.29, 0.717) is 18.5 Å². The lowest BCUT2D eigenvalue weighted by Gasteiger charge is -2.15. The molecule has 2 heterocycles. The van der Waals surface area contributed by atoms with Crippen molar-refractivity contribution in [3.8, 4) is 10.8 Å². The normalized spacial score (nSPS) is 12.6. The smallest absolute Gasteiger partial charge is 0.236 e.